The zero-order valence-electron chi connectivity index (χ0n) is 10.7. The maximum absolute atomic E-state index is 5.48. The second-order valence-corrected chi connectivity index (χ2v) is 4.48. The van der Waals surface area contributed by atoms with Gasteiger partial charge in [-0.1, -0.05) is 0 Å². The van der Waals surface area contributed by atoms with Crippen LogP contribution in [-0.4, -0.2) is 31.3 Å². The van der Waals surface area contributed by atoms with Gasteiger partial charge in [0.05, 0.1) is 31.1 Å². The van der Waals surface area contributed by atoms with E-state index in [1.807, 2.05) is 13.0 Å². The summed E-state index contributed by atoms with van der Waals surface area (Å²) in [6, 6.07) is 2.39. The van der Waals surface area contributed by atoms with Gasteiger partial charge in [0.25, 0.3) is 0 Å². The topological polar surface area (TPSA) is 43.4 Å². The van der Waals surface area contributed by atoms with Crippen molar-refractivity contribution < 1.29 is 9.47 Å². The molecular weight excluding hydrogens is 216 g/mol. The van der Waals surface area contributed by atoms with Crippen molar-refractivity contribution >= 4 is 5.69 Å². The van der Waals surface area contributed by atoms with Crippen molar-refractivity contribution in [2.24, 2.45) is 0 Å². The predicted molar refractivity (Wildman–Crippen MR) is 67.6 cm³/mol. The predicted octanol–water partition coefficient (Wildman–Crippen LogP) is 2.38. The lowest BCUT2D eigenvalue weighted by atomic mass is 10.2. The highest BCUT2D eigenvalue weighted by Gasteiger charge is 2.27. The van der Waals surface area contributed by atoms with Crippen molar-refractivity contribution in [2.75, 3.05) is 19.5 Å². The van der Waals surface area contributed by atoms with Gasteiger partial charge in [-0.05, 0) is 32.3 Å². The fourth-order valence-electron chi connectivity index (χ4n) is 2.40. The number of rotatable bonds is 4. The third-order valence-corrected chi connectivity index (χ3v) is 3.32. The van der Waals surface area contributed by atoms with Crippen LogP contribution in [0, 0.1) is 6.92 Å². The second kappa shape index (κ2) is 5.36. The Bertz CT molecular complexity index is 382. The molecule has 0 aliphatic heterocycles. The van der Waals surface area contributed by atoms with Gasteiger partial charge in [-0.2, -0.15) is 0 Å². The van der Waals surface area contributed by atoms with Crippen molar-refractivity contribution in [1.82, 2.24) is 4.98 Å². The van der Waals surface area contributed by atoms with Crippen molar-refractivity contribution in [3.8, 4) is 5.75 Å². The lowest BCUT2D eigenvalue weighted by Gasteiger charge is -2.22. The minimum absolute atomic E-state index is 0.299. The summed E-state index contributed by atoms with van der Waals surface area (Å²) >= 11 is 0. The van der Waals surface area contributed by atoms with Crippen molar-refractivity contribution in [2.45, 2.75) is 38.3 Å². The molecule has 0 spiro atoms. The first-order valence-corrected chi connectivity index (χ1v) is 6.04. The number of nitrogens with zero attached hydrogens (tertiary/aromatic N) is 1. The first kappa shape index (κ1) is 12.2. The second-order valence-electron chi connectivity index (χ2n) is 4.48. The van der Waals surface area contributed by atoms with Crippen LogP contribution in [0.5, 0.6) is 5.75 Å². The Morgan fingerprint density at radius 2 is 2.18 bits per heavy atom. The number of hydrogen-bond acceptors (Lipinski definition) is 4. The van der Waals surface area contributed by atoms with Crippen LogP contribution in [0.25, 0.3) is 0 Å². The van der Waals surface area contributed by atoms with Gasteiger partial charge in [-0.25, -0.2) is 0 Å². The molecule has 1 aromatic rings. The summed E-state index contributed by atoms with van der Waals surface area (Å²) < 4.78 is 10.8. The molecule has 17 heavy (non-hydrogen) atoms. The summed E-state index contributed by atoms with van der Waals surface area (Å²) in [5.41, 5.74) is 1.99. The summed E-state index contributed by atoms with van der Waals surface area (Å²) in [6.45, 7) is 1.98. The van der Waals surface area contributed by atoms with E-state index in [2.05, 4.69) is 10.3 Å². The fraction of sp³-hybridized carbons (Fsp3) is 0.615. The average Bonchev–Trinajstić information content (AvgIpc) is 2.77. The molecule has 1 N–H and O–H groups in total. The summed E-state index contributed by atoms with van der Waals surface area (Å²) in [5, 5.41) is 3.51. The maximum atomic E-state index is 5.48. The first-order chi connectivity index (χ1) is 8.24. The van der Waals surface area contributed by atoms with Crippen molar-refractivity contribution in [1.29, 1.82) is 0 Å². The fourth-order valence-corrected chi connectivity index (χ4v) is 2.40. The Morgan fingerprint density at radius 1 is 1.35 bits per heavy atom. The van der Waals surface area contributed by atoms with Crippen LogP contribution in [-0.2, 0) is 4.74 Å². The molecule has 1 fully saturated rings. The van der Waals surface area contributed by atoms with Crippen LogP contribution in [0.2, 0.25) is 0 Å². The molecule has 2 atom stereocenters. The van der Waals surface area contributed by atoms with E-state index in [1.165, 1.54) is 6.42 Å². The van der Waals surface area contributed by atoms with Crippen LogP contribution in [0.3, 0.4) is 0 Å². The van der Waals surface area contributed by atoms with Gasteiger partial charge in [0.15, 0.2) is 5.75 Å². The number of pyridine rings is 1. The number of aromatic nitrogens is 1. The number of nitrogens with one attached hydrogen (secondary N) is 1. The van der Waals surface area contributed by atoms with Crippen LogP contribution < -0.4 is 10.1 Å². The summed E-state index contributed by atoms with van der Waals surface area (Å²) in [5.74, 6) is 0.789. The van der Waals surface area contributed by atoms with Crippen LogP contribution in [0.4, 0.5) is 5.69 Å². The Morgan fingerprint density at radius 3 is 2.88 bits per heavy atom. The van der Waals surface area contributed by atoms with E-state index in [9.17, 15) is 0 Å². The minimum Gasteiger partial charge on any atom is -0.493 e. The molecule has 4 nitrogen and oxygen atoms in total. The van der Waals surface area contributed by atoms with Gasteiger partial charge >= 0.3 is 0 Å². The third kappa shape index (κ3) is 2.69. The number of anilines is 1. The van der Waals surface area contributed by atoms with E-state index < -0.39 is 0 Å². The SMILES string of the molecule is COc1cnc(C)cc1NC1CCCC1OC. The van der Waals surface area contributed by atoms with Gasteiger partial charge in [0.2, 0.25) is 0 Å². The van der Waals surface area contributed by atoms with E-state index in [0.717, 1.165) is 30.0 Å². The quantitative estimate of drug-likeness (QED) is 0.871. The molecule has 1 aliphatic carbocycles. The van der Waals surface area contributed by atoms with Crippen LogP contribution in [0.15, 0.2) is 12.3 Å². The van der Waals surface area contributed by atoms with E-state index in [-0.39, 0.29) is 0 Å². The summed E-state index contributed by atoms with van der Waals surface area (Å²) in [6.07, 6.45) is 5.54. The largest absolute Gasteiger partial charge is 0.493 e. The first-order valence-electron chi connectivity index (χ1n) is 6.04. The van der Waals surface area contributed by atoms with Crippen LogP contribution in [0.1, 0.15) is 25.0 Å². The van der Waals surface area contributed by atoms with Gasteiger partial charge in [-0.15, -0.1) is 0 Å². The van der Waals surface area contributed by atoms with Gasteiger partial charge < -0.3 is 14.8 Å². The zero-order chi connectivity index (χ0) is 12.3. The zero-order valence-corrected chi connectivity index (χ0v) is 10.7. The Balaban J connectivity index is 2.14. The van der Waals surface area contributed by atoms with E-state index >= 15 is 0 Å². The standard InChI is InChI=1S/C13H20N2O2/c1-9-7-11(13(17-3)8-14-9)15-10-5-4-6-12(10)16-2/h7-8,10,12H,4-6H2,1-3H3,(H,14,15). The van der Waals surface area contributed by atoms with Crippen molar-refractivity contribution in [3.05, 3.63) is 18.0 Å². The Hall–Kier alpha value is -1.29. The van der Waals surface area contributed by atoms with E-state index in [1.54, 1.807) is 20.4 Å². The highest BCUT2D eigenvalue weighted by Crippen LogP contribution is 2.29. The molecule has 4 heteroatoms. The van der Waals surface area contributed by atoms with E-state index in [0.29, 0.717) is 12.1 Å². The van der Waals surface area contributed by atoms with Crippen molar-refractivity contribution in [3.63, 3.8) is 0 Å². The molecule has 0 radical (unpaired) electrons. The van der Waals surface area contributed by atoms with Crippen LogP contribution >= 0.6 is 0 Å². The number of hydrogen-bond donors (Lipinski definition) is 1. The molecule has 0 amide bonds. The third-order valence-electron chi connectivity index (χ3n) is 3.32. The van der Waals surface area contributed by atoms with Gasteiger partial charge in [-0.3, -0.25) is 4.98 Å². The lowest BCUT2D eigenvalue weighted by Crippen LogP contribution is -2.29. The number of ether oxygens (including phenoxy) is 2. The van der Waals surface area contributed by atoms with Gasteiger partial charge in [0, 0.05) is 12.8 Å². The Labute approximate surface area is 102 Å². The van der Waals surface area contributed by atoms with Gasteiger partial charge in [0.1, 0.15) is 0 Å². The molecule has 0 saturated heterocycles. The molecule has 1 saturated carbocycles. The highest BCUT2D eigenvalue weighted by atomic mass is 16.5. The minimum atomic E-state index is 0.299. The average molecular weight is 236 g/mol. The molecule has 1 heterocycles. The smallest absolute Gasteiger partial charge is 0.160 e. The molecule has 1 aliphatic rings. The molecule has 1 aromatic heterocycles. The molecule has 0 bridgehead atoms. The number of aryl methyl sites for hydroxylation is 1. The molecular formula is C13H20N2O2. The molecule has 94 valence electrons. The summed E-state index contributed by atoms with van der Waals surface area (Å²) in [4.78, 5) is 4.23. The lowest BCUT2D eigenvalue weighted by molar-refractivity contribution is 0.101. The normalized spacial score (nSPS) is 23.7. The Kier molecular flexibility index (Phi) is 3.84. The highest BCUT2D eigenvalue weighted by molar-refractivity contribution is 5.56. The molecule has 2 unspecified atom stereocenters. The maximum Gasteiger partial charge on any atom is 0.160 e. The molecule has 2 rings (SSSR count). The van der Waals surface area contributed by atoms with E-state index in [4.69, 9.17) is 9.47 Å². The number of methoxy groups -OCH3 is 2. The molecule has 0 aromatic carbocycles. The monoisotopic (exact) mass is 236 g/mol. The summed E-state index contributed by atoms with van der Waals surface area (Å²) in [7, 11) is 3.44.